The molecular weight excluding hydrogens is 152 g/mol. The summed E-state index contributed by atoms with van der Waals surface area (Å²) >= 11 is 0. The van der Waals surface area contributed by atoms with Crippen molar-refractivity contribution in [2.24, 2.45) is 5.92 Å². The fourth-order valence-electron chi connectivity index (χ4n) is 1.60. The maximum atomic E-state index is 11.5. The number of rotatable bonds is 3. The normalized spacial score (nSPS) is 28.8. The van der Waals surface area contributed by atoms with E-state index in [9.17, 15) is 4.79 Å². The van der Waals surface area contributed by atoms with Crippen LogP contribution in [0.15, 0.2) is 0 Å². The Bertz CT molecular complexity index is 159. The average molecular weight is 170 g/mol. The van der Waals surface area contributed by atoms with Crippen LogP contribution in [0.1, 0.15) is 26.7 Å². The van der Waals surface area contributed by atoms with Gasteiger partial charge in [0.05, 0.1) is 5.92 Å². The second-order valence-corrected chi connectivity index (χ2v) is 3.43. The molecule has 2 atom stereocenters. The lowest BCUT2D eigenvalue weighted by molar-refractivity contribution is -0.125. The Balaban J connectivity index is 2.30. The molecule has 12 heavy (non-hydrogen) atoms. The van der Waals surface area contributed by atoms with Crippen molar-refractivity contribution >= 4 is 5.91 Å². The lowest BCUT2D eigenvalue weighted by atomic mass is 10.0. The molecule has 1 aliphatic rings. The van der Waals surface area contributed by atoms with Crippen LogP contribution in [0.25, 0.3) is 0 Å². The molecule has 1 amide bonds. The quantitative estimate of drug-likeness (QED) is 0.648. The van der Waals surface area contributed by atoms with E-state index in [1.165, 1.54) is 0 Å². The molecule has 0 aromatic heterocycles. The highest BCUT2D eigenvalue weighted by Crippen LogP contribution is 2.14. The van der Waals surface area contributed by atoms with Crippen molar-refractivity contribution in [2.45, 2.75) is 32.7 Å². The van der Waals surface area contributed by atoms with Gasteiger partial charge in [0.2, 0.25) is 5.91 Å². The summed E-state index contributed by atoms with van der Waals surface area (Å²) < 4.78 is 0. The maximum Gasteiger partial charge on any atom is 0.224 e. The molecule has 1 heterocycles. The molecule has 3 nitrogen and oxygen atoms in total. The molecule has 0 aromatic carbocycles. The predicted octanol–water partition coefficient (Wildman–Crippen LogP) is 0.511. The lowest BCUT2D eigenvalue weighted by Gasteiger charge is -2.14. The topological polar surface area (TPSA) is 41.1 Å². The molecule has 2 unspecified atom stereocenters. The van der Waals surface area contributed by atoms with Crippen molar-refractivity contribution in [1.29, 1.82) is 0 Å². The van der Waals surface area contributed by atoms with Crippen LogP contribution in [-0.4, -0.2) is 25.0 Å². The van der Waals surface area contributed by atoms with E-state index in [1.807, 2.05) is 0 Å². The number of nitrogens with one attached hydrogen (secondary N) is 2. The highest BCUT2D eigenvalue weighted by Gasteiger charge is 2.28. The van der Waals surface area contributed by atoms with E-state index in [1.54, 1.807) is 0 Å². The number of hydrogen-bond donors (Lipinski definition) is 2. The molecule has 1 aliphatic heterocycles. The Labute approximate surface area is 73.9 Å². The van der Waals surface area contributed by atoms with E-state index in [-0.39, 0.29) is 11.8 Å². The first-order valence-corrected chi connectivity index (χ1v) is 4.76. The standard InChI is InChI=1S/C9H18N2O/c1-3-5-11-9(12)8-4-6-10-7(8)2/h7-8,10H,3-6H2,1-2H3,(H,11,12). The highest BCUT2D eigenvalue weighted by molar-refractivity contribution is 5.79. The van der Waals surface area contributed by atoms with Gasteiger partial charge in [0, 0.05) is 12.6 Å². The second kappa shape index (κ2) is 4.45. The second-order valence-electron chi connectivity index (χ2n) is 3.43. The van der Waals surface area contributed by atoms with Gasteiger partial charge < -0.3 is 10.6 Å². The SMILES string of the molecule is CCCNC(=O)C1CCNC1C. The summed E-state index contributed by atoms with van der Waals surface area (Å²) in [6, 6.07) is 0.349. The summed E-state index contributed by atoms with van der Waals surface area (Å²) in [6.07, 6.45) is 2.00. The van der Waals surface area contributed by atoms with Gasteiger partial charge in [-0.3, -0.25) is 4.79 Å². The summed E-state index contributed by atoms with van der Waals surface area (Å²) in [7, 11) is 0. The number of carbonyl (C=O) groups is 1. The first-order chi connectivity index (χ1) is 5.75. The van der Waals surface area contributed by atoms with E-state index >= 15 is 0 Å². The van der Waals surface area contributed by atoms with Crippen molar-refractivity contribution in [3.8, 4) is 0 Å². The summed E-state index contributed by atoms with van der Waals surface area (Å²) in [5, 5.41) is 6.19. The minimum absolute atomic E-state index is 0.191. The fourth-order valence-corrected chi connectivity index (χ4v) is 1.60. The van der Waals surface area contributed by atoms with Gasteiger partial charge in [0.1, 0.15) is 0 Å². The van der Waals surface area contributed by atoms with Crippen molar-refractivity contribution in [2.75, 3.05) is 13.1 Å². The summed E-state index contributed by atoms with van der Waals surface area (Å²) in [6.45, 7) is 5.92. The largest absolute Gasteiger partial charge is 0.356 e. The molecular formula is C9H18N2O. The Morgan fingerprint density at radius 3 is 2.92 bits per heavy atom. The molecule has 0 spiro atoms. The maximum absolute atomic E-state index is 11.5. The number of hydrogen-bond acceptors (Lipinski definition) is 2. The van der Waals surface area contributed by atoms with E-state index in [0.29, 0.717) is 6.04 Å². The van der Waals surface area contributed by atoms with Gasteiger partial charge in [-0.15, -0.1) is 0 Å². The molecule has 0 aromatic rings. The molecule has 70 valence electrons. The van der Waals surface area contributed by atoms with Crippen LogP contribution in [0.5, 0.6) is 0 Å². The summed E-state index contributed by atoms with van der Waals surface area (Å²) in [5.41, 5.74) is 0. The van der Waals surface area contributed by atoms with Crippen molar-refractivity contribution in [3.63, 3.8) is 0 Å². The minimum Gasteiger partial charge on any atom is -0.356 e. The van der Waals surface area contributed by atoms with E-state index < -0.39 is 0 Å². The third-order valence-corrected chi connectivity index (χ3v) is 2.41. The molecule has 3 heteroatoms. The van der Waals surface area contributed by atoms with Gasteiger partial charge in [-0.2, -0.15) is 0 Å². The zero-order chi connectivity index (χ0) is 8.97. The molecule has 2 N–H and O–H groups in total. The van der Waals surface area contributed by atoms with E-state index in [0.717, 1.165) is 25.9 Å². The first-order valence-electron chi connectivity index (χ1n) is 4.76. The van der Waals surface area contributed by atoms with E-state index in [2.05, 4.69) is 24.5 Å². The average Bonchev–Trinajstić information content (AvgIpc) is 2.47. The van der Waals surface area contributed by atoms with Crippen molar-refractivity contribution in [1.82, 2.24) is 10.6 Å². The zero-order valence-corrected chi connectivity index (χ0v) is 7.89. The Morgan fingerprint density at radius 1 is 1.67 bits per heavy atom. The van der Waals surface area contributed by atoms with Crippen molar-refractivity contribution in [3.05, 3.63) is 0 Å². The smallest absolute Gasteiger partial charge is 0.224 e. The number of amides is 1. The molecule has 0 aliphatic carbocycles. The van der Waals surface area contributed by atoms with E-state index in [4.69, 9.17) is 0 Å². The van der Waals surface area contributed by atoms with Gasteiger partial charge in [-0.1, -0.05) is 6.92 Å². The zero-order valence-electron chi connectivity index (χ0n) is 7.89. The third-order valence-electron chi connectivity index (χ3n) is 2.41. The van der Waals surface area contributed by atoms with Crippen LogP contribution in [-0.2, 0) is 4.79 Å². The Hall–Kier alpha value is -0.570. The summed E-state index contributed by atoms with van der Waals surface area (Å²) in [4.78, 5) is 11.5. The minimum atomic E-state index is 0.191. The van der Waals surface area contributed by atoms with Crippen LogP contribution in [0.2, 0.25) is 0 Å². The number of carbonyl (C=O) groups excluding carboxylic acids is 1. The van der Waals surface area contributed by atoms with Crippen molar-refractivity contribution < 1.29 is 4.79 Å². The summed E-state index contributed by atoms with van der Waals surface area (Å²) in [5.74, 6) is 0.408. The van der Waals surface area contributed by atoms with Crippen LogP contribution in [0, 0.1) is 5.92 Å². The predicted molar refractivity (Wildman–Crippen MR) is 48.9 cm³/mol. The molecule has 0 bridgehead atoms. The van der Waals surface area contributed by atoms with Crippen LogP contribution in [0.4, 0.5) is 0 Å². The van der Waals surface area contributed by atoms with Crippen LogP contribution < -0.4 is 10.6 Å². The Kier molecular flexibility index (Phi) is 3.53. The lowest BCUT2D eigenvalue weighted by Crippen LogP contribution is -2.36. The third kappa shape index (κ3) is 2.21. The fraction of sp³-hybridized carbons (Fsp3) is 0.889. The van der Waals surface area contributed by atoms with Gasteiger partial charge >= 0.3 is 0 Å². The molecule has 0 radical (unpaired) electrons. The molecule has 1 saturated heterocycles. The monoisotopic (exact) mass is 170 g/mol. The highest BCUT2D eigenvalue weighted by atomic mass is 16.1. The molecule has 0 saturated carbocycles. The van der Waals surface area contributed by atoms with Crippen LogP contribution >= 0.6 is 0 Å². The van der Waals surface area contributed by atoms with Gasteiger partial charge in [-0.25, -0.2) is 0 Å². The van der Waals surface area contributed by atoms with Crippen LogP contribution in [0.3, 0.4) is 0 Å². The Morgan fingerprint density at radius 2 is 2.42 bits per heavy atom. The van der Waals surface area contributed by atoms with Gasteiger partial charge in [0.15, 0.2) is 0 Å². The van der Waals surface area contributed by atoms with Gasteiger partial charge in [0.25, 0.3) is 0 Å². The molecule has 1 fully saturated rings. The first kappa shape index (κ1) is 9.52. The van der Waals surface area contributed by atoms with Gasteiger partial charge in [-0.05, 0) is 26.3 Å². The molecule has 1 rings (SSSR count).